The molecule has 0 fully saturated rings. The lowest BCUT2D eigenvalue weighted by Crippen LogP contribution is -2.45. The average molecular weight is 394 g/mol. The van der Waals surface area contributed by atoms with Gasteiger partial charge in [0, 0.05) is 24.3 Å². The molecule has 0 spiro atoms. The second-order valence-electron chi connectivity index (χ2n) is 5.61. The number of hydrogen-bond donors (Lipinski definition) is 3. The van der Waals surface area contributed by atoms with Gasteiger partial charge < -0.3 is 16.2 Å². The number of nitrogens with two attached hydrogens (primary N) is 1. The van der Waals surface area contributed by atoms with Gasteiger partial charge >= 0.3 is 0 Å². The Bertz CT molecular complexity index is 905. The number of benzene rings is 2. The van der Waals surface area contributed by atoms with Crippen LogP contribution in [0.2, 0.25) is 0 Å². The quantitative estimate of drug-likeness (QED) is 0.696. The van der Waals surface area contributed by atoms with Crippen molar-refractivity contribution in [2.24, 2.45) is 5.73 Å². The Balaban J connectivity index is 2.23. The molecule has 27 heavy (non-hydrogen) atoms. The summed E-state index contributed by atoms with van der Waals surface area (Å²) >= 11 is 0.664. The normalized spacial score (nSPS) is 11.7. The molecular weight excluding hydrogens is 378 g/mol. The Kier molecular flexibility index (Phi) is 6.51. The van der Waals surface area contributed by atoms with Crippen molar-refractivity contribution in [3.63, 3.8) is 0 Å². The smallest absolute Gasteiger partial charge is 0.240 e. The van der Waals surface area contributed by atoms with E-state index in [2.05, 4.69) is 5.32 Å². The lowest BCUT2D eigenvalue weighted by molar-refractivity contribution is -0.125. The molecule has 9 heteroatoms. The van der Waals surface area contributed by atoms with E-state index >= 15 is 0 Å². The molecular formula is C18H16F2N2O4S. The lowest BCUT2D eigenvalue weighted by atomic mass is 10.0. The lowest BCUT2D eigenvalue weighted by Gasteiger charge is -2.13. The number of thioether (sulfide) groups is 1. The van der Waals surface area contributed by atoms with Crippen molar-refractivity contribution in [2.75, 3.05) is 5.75 Å². The summed E-state index contributed by atoms with van der Waals surface area (Å²) in [5.74, 6) is -3.32. The molecule has 0 aliphatic carbocycles. The first-order valence-corrected chi connectivity index (χ1v) is 8.69. The Morgan fingerprint density at radius 3 is 2.48 bits per heavy atom. The van der Waals surface area contributed by atoms with E-state index in [1.54, 1.807) is 0 Å². The van der Waals surface area contributed by atoms with E-state index in [1.165, 1.54) is 31.2 Å². The van der Waals surface area contributed by atoms with E-state index in [0.29, 0.717) is 17.8 Å². The zero-order valence-corrected chi connectivity index (χ0v) is 15.0. The van der Waals surface area contributed by atoms with Crippen LogP contribution < -0.4 is 11.1 Å². The van der Waals surface area contributed by atoms with E-state index in [1.807, 2.05) is 0 Å². The van der Waals surface area contributed by atoms with Crippen LogP contribution in [0.4, 0.5) is 8.78 Å². The maximum Gasteiger partial charge on any atom is 0.240 e. The number of phenols is 1. The van der Waals surface area contributed by atoms with Crippen LogP contribution >= 0.6 is 11.8 Å². The molecule has 0 aromatic heterocycles. The summed E-state index contributed by atoms with van der Waals surface area (Å²) in [6, 6.07) is 5.81. The Morgan fingerprint density at radius 1 is 1.19 bits per heavy atom. The summed E-state index contributed by atoms with van der Waals surface area (Å²) in [4.78, 5) is 34.8. The summed E-state index contributed by atoms with van der Waals surface area (Å²) in [6.07, 6.45) is 0. The molecule has 0 aliphatic rings. The van der Waals surface area contributed by atoms with Crippen LogP contribution in [0.25, 0.3) is 11.1 Å². The van der Waals surface area contributed by atoms with Crippen molar-refractivity contribution >= 4 is 28.7 Å². The van der Waals surface area contributed by atoms with Crippen molar-refractivity contribution in [1.29, 1.82) is 0 Å². The predicted molar refractivity (Wildman–Crippen MR) is 97.0 cm³/mol. The number of nitrogens with one attached hydrogen (secondary N) is 1. The maximum atomic E-state index is 13.9. The monoisotopic (exact) mass is 394 g/mol. The van der Waals surface area contributed by atoms with Crippen LogP contribution in [0, 0.1) is 11.6 Å². The Morgan fingerprint density at radius 2 is 1.89 bits per heavy atom. The highest BCUT2D eigenvalue weighted by Crippen LogP contribution is 2.30. The van der Waals surface area contributed by atoms with Gasteiger partial charge in [0.1, 0.15) is 23.4 Å². The minimum Gasteiger partial charge on any atom is -0.507 e. The van der Waals surface area contributed by atoms with Crippen molar-refractivity contribution < 1.29 is 28.3 Å². The predicted octanol–water partition coefficient (Wildman–Crippen LogP) is 2.20. The number of phenolic OH excluding ortho intramolecular Hbond substituents is 1. The highest BCUT2D eigenvalue weighted by Gasteiger charge is 2.21. The van der Waals surface area contributed by atoms with Gasteiger partial charge in [-0.2, -0.15) is 0 Å². The minimum absolute atomic E-state index is 0.0590. The molecule has 1 atom stereocenters. The van der Waals surface area contributed by atoms with Gasteiger partial charge in [-0.05, 0) is 29.8 Å². The van der Waals surface area contributed by atoms with Gasteiger partial charge in [0.2, 0.25) is 16.9 Å². The highest BCUT2D eigenvalue weighted by molar-refractivity contribution is 8.14. The summed E-state index contributed by atoms with van der Waals surface area (Å²) < 4.78 is 27.0. The topological polar surface area (TPSA) is 109 Å². The van der Waals surface area contributed by atoms with Gasteiger partial charge in [-0.15, -0.1) is 0 Å². The third kappa shape index (κ3) is 5.27. The van der Waals surface area contributed by atoms with E-state index in [0.717, 1.165) is 6.07 Å². The van der Waals surface area contributed by atoms with Crippen LogP contribution in [0.15, 0.2) is 36.4 Å². The highest BCUT2D eigenvalue weighted by atomic mass is 32.2. The van der Waals surface area contributed by atoms with Gasteiger partial charge in [0.15, 0.2) is 0 Å². The van der Waals surface area contributed by atoms with Crippen LogP contribution in [0.1, 0.15) is 17.3 Å². The van der Waals surface area contributed by atoms with Crippen molar-refractivity contribution in [3.05, 3.63) is 53.6 Å². The van der Waals surface area contributed by atoms with Gasteiger partial charge in [-0.3, -0.25) is 14.4 Å². The molecule has 0 heterocycles. The first-order valence-electron chi connectivity index (χ1n) is 7.71. The van der Waals surface area contributed by atoms with Crippen LogP contribution in [-0.4, -0.2) is 33.8 Å². The molecule has 2 rings (SSSR count). The molecule has 0 radical (unpaired) electrons. The second-order valence-corrected chi connectivity index (χ2v) is 6.60. The zero-order valence-electron chi connectivity index (χ0n) is 14.2. The number of aromatic hydroxyl groups is 1. The molecule has 4 N–H and O–H groups in total. The van der Waals surface area contributed by atoms with E-state index in [-0.39, 0.29) is 28.2 Å². The van der Waals surface area contributed by atoms with E-state index in [4.69, 9.17) is 5.73 Å². The summed E-state index contributed by atoms with van der Waals surface area (Å²) in [7, 11) is 0. The van der Waals surface area contributed by atoms with Gasteiger partial charge in [0.05, 0.1) is 5.56 Å². The summed E-state index contributed by atoms with van der Waals surface area (Å²) in [5, 5.41) is 11.6. The zero-order chi connectivity index (χ0) is 20.1. The first kappa shape index (κ1) is 20.4. The number of carbonyl (C=O) groups excluding carboxylic acids is 3. The van der Waals surface area contributed by atoms with Gasteiger partial charge in [-0.25, -0.2) is 8.78 Å². The maximum absolute atomic E-state index is 13.9. The third-order valence-electron chi connectivity index (χ3n) is 3.56. The fourth-order valence-corrected chi connectivity index (χ4v) is 3.15. The SMILES string of the molecule is CC(=O)N[C@H](CSC(=O)c1cc(-c2ccc(F)cc2F)ccc1O)C(N)=O. The molecule has 6 nitrogen and oxygen atoms in total. The number of amides is 2. The molecule has 2 aromatic rings. The number of carbonyl (C=O) groups is 3. The molecule has 2 amide bonds. The molecule has 2 aromatic carbocycles. The van der Waals surface area contributed by atoms with E-state index in [9.17, 15) is 28.3 Å². The van der Waals surface area contributed by atoms with Crippen molar-refractivity contribution in [1.82, 2.24) is 5.32 Å². The van der Waals surface area contributed by atoms with Crippen LogP contribution in [0.3, 0.4) is 0 Å². The molecule has 0 saturated carbocycles. The number of hydrogen-bond acceptors (Lipinski definition) is 5. The van der Waals surface area contributed by atoms with Gasteiger partial charge in [-0.1, -0.05) is 17.8 Å². The van der Waals surface area contributed by atoms with Crippen molar-refractivity contribution in [3.8, 4) is 16.9 Å². The van der Waals surface area contributed by atoms with E-state index < -0.39 is 34.6 Å². The largest absolute Gasteiger partial charge is 0.507 e. The summed E-state index contributed by atoms with van der Waals surface area (Å²) in [5.41, 5.74) is 5.38. The molecule has 0 unspecified atom stereocenters. The molecule has 142 valence electrons. The fraction of sp³-hybridized carbons (Fsp3) is 0.167. The number of halogens is 2. The molecule has 0 aliphatic heterocycles. The number of primary amides is 1. The second kappa shape index (κ2) is 8.63. The first-order chi connectivity index (χ1) is 12.7. The Hall–Kier alpha value is -2.94. The third-order valence-corrected chi connectivity index (χ3v) is 4.54. The standard InChI is InChI=1S/C18H16F2N2O4S/c1-9(23)22-15(17(21)25)8-27-18(26)13-6-10(2-5-16(13)24)12-4-3-11(19)7-14(12)20/h2-7,15,24H,8H2,1H3,(H2,21,25)(H,22,23)/t15-/m1/s1. The average Bonchev–Trinajstić information content (AvgIpc) is 2.58. The van der Waals surface area contributed by atoms with Crippen LogP contribution in [-0.2, 0) is 9.59 Å². The Labute approximate surface area is 157 Å². The van der Waals surface area contributed by atoms with Gasteiger partial charge in [0.25, 0.3) is 0 Å². The van der Waals surface area contributed by atoms with Crippen LogP contribution in [0.5, 0.6) is 5.75 Å². The minimum atomic E-state index is -1.06. The molecule has 0 saturated heterocycles. The molecule has 0 bridgehead atoms. The fourth-order valence-electron chi connectivity index (χ4n) is 2.27. The number of rotatable bonds is 6. The van der Waals surface area contributed by atoms with Crippen molar-refractivity contribution in [2.45, 2.75) is 13.0 Å². The summed E-state index contributed by atoms with van der Waals surface area (Å²) in [6.45, 7) is 1.20.